The largest absolute Gasteiger partial charge is 0.505 e. The van der Waals surface area contributed by atoms with Crippen molar-refractivity contribution >= 4 is 23.1 Å². The van der Waals surface area contributed by atoms with Crippen LogP contribution in [-0.2, 0) is 17.8 Å². The summed E-state index contributed by atoms with van der Waals surface area (Å²) in [6.45, 7) is 5.43. The molecule has 2 aromatic carbocycles. The van der Waals surface area contributed by atoms with Gasteiger partial charge in [0.25, 0.3) is 0 Å². The summed E-state index contributed by atoms with van der Waals surface area (Å²) in [5, 5.41) is 32.6. The summed E-state index contributed by atoms with van der Waals surface area (Å²) in [5.74, 6) is -0.544. The number of hydrogen-bond donors (Lipinski definition) is 4. The molecule has 4 N–H and O–H groups in total. The van der Waals surface area contributed by atoms with Gasteiger partial charge in [-0.3, -0.25) is 15.7 Å². The van der Waals surface area contributed by atoms with Crippen LogP contribution in [0.25, 0.3) is 0 Å². The van der Waals surface area contributed by atoms with Crippen molar-refractivity contribution in [3.8, 4) is 5.75 Å². The Labute approximate surface area is 205 Å². The SMILES string of the molecule is CCN(CCO)C(C)Cc1cc(C(=O)OCc2ccccc2)cc(N/N=C2/C=CC=CC2=N)c1O. The fourth-order valence-corrected chi connectivity index (χ4v) is 3.82. The van der Waals surface area contributed by atoms with Gasteiger partial charge in [0.2, 0.25) is 0 Å². The number of allylic oxidation sites excluding steroid dienone is 4. The molecule has 0 bridgehead atoms. The van der Waals surface area contributed by atoms with Crippen molar-refractivity contribution in [1.29, 1.82) is 5.41 Å². The molecule has 1 aliphatic carbocycles. The summed E-state index contributed by atoms with van der Waals surface area (Å²) in [6.07, 6.45) is 7.26. The first-order chi connectivity index (χ1) is 16.9. The predicted octanol–water partition coefficient (Wildman–Crippen LogP) is 3.91. The summed E-state index contributed by atoms with van der Waals surface area (Å²) in [4.78, 5) is 15.0. The molecule has 184 valence electrons. The van der Waals surface area contributed by atoms with Gasteiger partial charge >= 0.3 is 5.97 Å². The first-order valence-corrected chi connectivity index (χ1v) is 11.6. The highest BCUT2D eigenvalue weighted by molar-refractivity contribution is 6.50. The molecule has 0 spiro atoms. The lowest BCUT2D eigenvalue weighted by Gasteiger charge is -2.27. The maximum Gasteiger partial charge on any atom is 0.338 e. The molecule has 0 heterocycles. The van der Waals surface area contributed by atoms with Gasteiger partial charge in [-0.1, -0.05) is 49.4 Å². The van der Waals surface area contributed by atoms with Crippen molar-refractivity contribution in [2.45, 2.75) is 32.9 Å². The number of esters is 1. The molecule has 1 unspecified atom stereocenters. The van der Waals surface area contributed by atoms with Crippen LogP contribution in [0.15, 0.2) is 71.9 Å². The molecule has 0 radical (unpaired) electrons. The second-order valence-electron chi connectivity index (χ2n) is 8.24. The number of hydrogen-bond acceptors (Lipinski definition) is 8. The molecule has 0 aliphatic heterocycles. The molecule has 0 amide bonds. The van der Waals surface area contributed by atoms with Crippen molar-refractivity contribution < 1.29 is 19.7 Å². The first kappa shape index (κ1) is 25.9. The normalized spacial score (nSPS) is 15.0. The monoisotopic (exact) mass is 476 g/mol. The van der Waals surface area contributed by atoms with E-state index in [4.69, 9.17) is 10.1 Å². The fourth-order valence-electron chi connectivity index (χ4n) is 3.82. The number of nitrogens with zero attached hydrogens (tertiary/aromatic N) is 2. The number of likely N-dealkylation sites (N-methyl/N-ethyl adjacent to an activating group) is 1. The number of carbonyl (C=O) groups excluding carboxylic acids is 1. The summed E-state index contributed by atoms with van der Waals surface area (Å²) in [5.41, 5.74) is 5.40. The number of phenolic OH excluding ortho intramolecular Hbond substituents is 1. The van der Waals surface area contributed by atoms with Gasteiger partial charge in [0, 0.05) is 12.6 Å². The van der Waals surface area contributed by atoms with Crippen LogP contribution < -0.4 is 5.43 Å². The molecule has 0 saturated heterocycles. The summed E-state index contributed by atoms with van der Waals surface area (Å²) >= 11 is 0. The van der Waals surface area contributed by atoms with E-state index in [0.717, 1.165) is 12.1 Å². The lowest BCUT2D eigenvalue weighted by molar-refractivity contribution is 0.0472. The molecule has 8 heteroatoms. The lowest BCUT2D eigenvalue weighted by Crippen LogP contribution is -2.36. The standard InChI is InChI=1S/C27H32N4O4/c1-3-31(13-14-32)19(2)15-21-16-22(27(34)35-18-20-9-5-4-6-10-20)17-25(26(21)33)30-29-24-12-8-7-11-23(24)28/h4-12,16-17,19,28,30,32-33H,3,13-15,18H2,1-2H3/b28-23?,29-24-. The quantitative estimate of drug-likeness (QED) is 0.169. The minimum Gasteiger partial charge on any atom is -0.505 e. The number of rotatable bonds is 11. The third kappa shape index (κ3) is 7.11. The molecule has 1 aliphatic rings. The minimum absolute atomic E-state index is 0.00685. The number of ether oxygens (including phenoxy) is 1. The van der Waals surface area contributed by atoms with Crippen molar-refractivity contribution in [2.75, 3.05) is 25.1 Å². The molecule has 1 atom stereocenters. The van der Waals surface area contributed by atoms with Crippen LogP contribution in [0.4, 0.5) is 5.69 Å². The van der Waals surface area contributed by atoms with Crippen molar-refractivity contribution in [2.24, 2.45) is 5.10 Å². The molecule has 0 saturated carbocycles. The second kappa shape index (κ2) is 12.6. The fraction of sp³-hybridized carbons (Fsp3) is 0.296. The first-order valence-electron chi connectivity index (χ1n) is 11.6. The topological polar surface area (TPSA) is 118 Å². The molecule has 3 rings (SSSR count). The van der Waals surface area contributed by atoms with Crippen LogP contribution in [-0.4, -0.2) is 58.2 Å². The van der Waals surface area contributed by atoms with Gasteiger partial charge in [-0.05, 0) is 55.3 Å². The number of carbonyl (C=O) groups is 1. The number of aromatic hydroxyl groups is 1. The Morgan fingerprint density at radius 1 is 1.20 bits per heavy atom. The van der Waals surface area contributed by atoms with E-state index in [2.05, 4.69) is 15.4 Å². The van der Waals surface area contributed by atoms with Gasteiger partial charge < -0.3 is 14.9 Å². The second-order valence-corrected chi connectivity index (χ2v) is 8.24. The summed E-state index contributed by atoms with van der Waals surface area (Å²) in [7, 11) is 0. The third-order valence-electron chi connectivity index (χ3n) is 5.77. The van der Waals surface area contributed by atoms with Crippen LogP contribution in [0.3, 0.4) is 0 Å². The molecule has 2 aromatic rings. The Kier molecular flexibility index (Phi) is 9.34. The Morgan fingerprint density at radius 2 is 1.94 bits per heavy atom. The molecule has 35 heavy (non-hydrogen) atoms. The molecule has 0 aromatic heterocycles. The smallest absolute Gasteiger partial charge is 0.338 e. The zero-order valence-corrected chi connectivity index (χ0v) is 20.1. The van der Waals surface area contributed by atoms with E-state index in [1.807, 2.05) is 44.2 Å². The summed E-state index contributed by atoms with van der Waals surface area (Å²) in [6, 6.07) is 12.5. The number of anilines is 1. The predicted molar refractivity (Wildman–Crippen MR) is 138 cm³/mol. The van der Waals surface area contributed by atoms with Crippen LogP contribution in [0.2, 0.25) is 0 Å². The maximum atomic E-state index is 12.9. The molecule has 0 fully saturated rings. The van der Waals surface area contributed by atoms with Crippen molar-refractivity contribution in [1.82, 2.24) is 4.90 Å². The maximum absolute atomic E-state index is 12.9. The van der Waals surface area contributed by atoms with E-state index in [0.29, 0.717) is 24.2 Å². The number of phenols is 1. The minimum atomic E-state index is -0.519. The van der Waals surface area contributed by atoms with E-state index in [-0.39, 0.29) is 42.0 Å². The van der Waals surface area contributed by atoms with Gasteiger partial charge in [-0.15, -0.1) is 0 Å². The zero-order chi connectivity index (χ0) is 25.2. The van der Waals surface area contributed by atoms with E-state index in [9.17, 15) is 15.0 Å². The number of aliphatic hydroxyl groups is 1. The van der Waals surface area contributed by atoms with Gasteiger partial charge in [-0.2, -0.15) is 5.10 Å². The average molecular weight is 477 g/mol. The van der Waals surface area contributed by atoms with E-state index >= 15 is 0 Å². The molecular weight excluding hydrogens is 444 g/mol. The van der Waals surface area contributed by atoms with Crippen LogP contribution >= 0.6 is 0 Å². The highest BCUT2D eigenvalue weighted by atomic mass is 16.5. The number of aliphatic hydroxyl groups excluding tert-OH is 1. The van der Waals surface area contributed by atoms with Crippen molar-refractivity contribution in [3.63, 3.8) is 0 Å². The van der Waals surface area contributed by atoms with E-state index in [1.165, 1.54) is 6.07 Å². The Bertz CT molecular complexity index is 1130. The van der Waals surface area contributed by atoms with Crippen LogP contribution in [0.5, 0.6) is 5.75 Å². The zero-order valence-electron chi connectivity index (χ0n) is 20.1. The highest BCUT2D eigenvalue weighted by Gasteiger charge is 2.20. The number of nitrogens with one attached hydrogen (secondary N) is 2. The summed E-state index contributed by atoms with van der Waals surface area (Å²) < 4.78 is 5.51. The molecule has 8 nitrogen and oxygen atoms in total. The van der Waals surface area contributed by atoms with Gasteiger partial charge in [-0.25, -0.2) is 4.79 Å². The van der Waals surface area contributed by atoms with Crippen LogP contribution in [0.1, 0.15) is 35.3 Å². The van der Waals surface area contributed by atoms with E-state index < -0.39 is 5.97 Å². The number of benzene rings is 2. The Hall–Kier alpha value is -3.75. The number of hydrazone groups is 1. The third-order valence-corrected chi connectivity index (χ3v) is 5.77. The average Bonchev–Trinajstić information content (AvgIpc) is 2.87. The molecular formula is C27H32N4O4. The van der Waals surface area contributed by atoms with E-state index in [1.54, 1.807) is 30.4 Å². The highest BCUT2D eigenvalue weighted by Crippen LogP contribution is 2.32. The Balaban J connectivity index is 1.88. The lowest BCUT2D eigenvalue weighted by atomic mass is 10.0. The van der Waals surface area contributed by atoms with Gasteiger partial charge in [0.1, 0.15) is 18.1 Å². The van der Waals surface area contributed by atoms with Crippen LogP contribution in [0, 0.1) is 5.41 Å². The Morgan fingerprint density at radius 3 is 2.63 bits per heavy atom. The van der Waals surface area contributed by atoms with Gasteiger partial charge in [0.05, 0.1) is 23.6 Å². The van der Waals surface area contributed by atoms with Crippen molar-refractivity contribution in [3.05, 3.63) is 83.5 Å². The van der Waals surface area contributed by atoms with Gasteiger partial charge in [0.15, 0.2) is 0 Å².